The summed E-state index contributed by atoms with van der Waals surface area (Å²) in [6.07, 6.45) is 2.78. The normalized spacial score (nSPS) is 16.7. The van der Waals surface area contributed by atoms with Crippen molar-refractivity contribution in [3.8, 4) is 16.9 Å². The first-order chi connectivity index (χ1) is 19.3. The van der Waals surface area contributed by atoms with Crippen molar-refractivity contribution in [2.75, 3.05) is 26.8 Å². The van der Waals surface area contributed by atoms with Crippen LogP contribution in [0.4, 0.5) is 4.79 Å². The van der Waals surface area contributed by atoms with Gasteiger partial charge >= 0.3 is 12.0 Å². The van der Waals surface area contributed by atoms with Crippen LogP contribution in [0.15, 0.2) is 78.9 Å². The Kier molecular flexibility index (Phi) is 9.83. The number of nitrogens with zero attached hydrogens (tertiary/aromatic N) is 2. The molecule has 4 rings (SSSR count). The number of unbranched alkanes of at least 4 members (excludes halogenated alkanes) is 1. The highest BCUT2D eigenvalue weighted by Gasteiger charge is 2.35. The fourth-order valence-electron chi connectivity index (χ4n) is 4.94. The Hall–Kier alpha value is -3.84. The van der Waals surface area contributed by atoms with E-state index in [2.05, 4.69) is 36.4 Å². The minimum absolute atomic E-state index is 0.0316. The van der Waals surface area contributed by atoms with Crippen molar-refractivity contribution in [3.63, 3.8) is 0 Å². The molecule has 1 aliphatic rings. The van der Waals surface area contributed by atoms with E-state index in [1.807, 2.05) is 61.3 Å². The van der Waals surface area contributed by atoms with Crippen LogP contribution in [0.2, 0.25) is 0 Å². The van der Waals surface area contributed by atoms with E-state index in [1.165, 1.54) is 5.56 Å². The Labute approximate surface area is 237 Å². The molecular weight excluding hydrogens is 504 g/mol. The Morgan fingerprint density at radius 2 is 1.60 bits per heavy atom. The maximum Gasteiger partial charge on any atom is 0.336 e. The van der Waals surface area contributed by atoms with E-state index in [9.17, 15) is 14.7 Å². The summed E-state index contributed by atoms with van der Waals surface area (Å²) in [6, 6.07) is 26.2. The van der Waals surface area contributed by atoms with Crippen molar-refractivity contribution < 1.29 is 24.2 Å². The second kappa shape index (κ2) is 13.5. The Morgan fingerprint density at radius 3 is 2.25 bits per heavy atom. The van der Waals surface area contributed by atoms with Crippen molar-refractivity contribution in [2.45, 2.75) is 57.7 Å². The van der Waals surface area contributed by atoms with E-state index in [0.717, 1.165) is 41.7 Å². The summed E-state index contributed by atoms with van der Waals surface area (Å²) in [4.78, 5) is 28.4. The van der Waals surface area contributed by atoms with Gasteiger partial charge in [0, 0.05) is 39.6 Å². The third-order valence-corrected chi connectivity index (χ3v) is 7.54. The molecule has 0 saturated carbocycles. The molecule has 7 heteroatoms. The summed E-state index contributed by atoms with van der Waals surface area (Å²) in [5.41, 5.74) is 3.06. The third-order valence-electron chi connectivity index (χ3n) is 7.54. The van der Waals surface area contributed by atoms with Crippen molar-refractivity contribution in [2.24, 2.45) is 0 Å². The lowest BCUT2D eigenvalue weighted by Crippen LogP contribution is -2.41. The molecule has 7 nitrogen and oxygen atoms in total. The highest BCUT2D eigenvalue weighted by atomic mass is 16.5. The van der Waals surface area contributed by atoms with E-state index in [-0.39, 0.29) is 18.5 Å². The van der Waals surface area contributed by atoms with Crippen molar-refractivity contribution in [3.05, 3.63) is 90.0 Å². The lowest BCUT2D eigenvalue weighted by Gasteiger charge is -2.25. The number of benzene rings is 3. The summed E-state index contributed by atoms with van der Waals surface area (Å²) in [5.74, 6) is -0.243. The Morgan fingerprint density at radius 1 is 0.950 bits per heavy atom. The summed E-state index contributed by atoms with van der Waals surface area (Å²) in [7, 11) is 1.85. The molecule has 1 fully saturated rings. The van der Waals surface area contributed by atoms with Gasteiger partial charge < -0.3 is 24.4 Å². The van der Waals surface area contributed by atoms with Crippen molar-refractivity contribution in [1.29, 1.82) is 0 Å². The van der Waals surface area contributed by atoms with Crippen LogP contribution in [0.5, 0.6) is 5.75 Å². The predicted octanol–water partition coefficient (Wildman–Crippen LogP) is 6.26. The first-order valence-electron chi connectivity index (χ1n) is 14.0. The molecule has 2 atom stereocenters. The van der Waals surface area contributed by atoms with Gasteiger partial charge in [-0.25, -0.2) is 9.59 Å². The fraction of sp³-hybridized carbons (Fsp3) is 0.394. The van der Waals surface area contributed by atoms with Gasteiger partial charge in [-0.1, -0.05) is 80.1 Å². The largest absolute Gasteiger partial charge is 0.494 e. The lowest BCUT2D eigenvalue weighted by atomic mass is 9.96. The van der Waals surface area contributed by atoms with E-state index >= 15 is 0 Å². The average molecular weight is 545 g/mol. The van der Waals surface area contributed by atoms with Gasteiger partial charge in [0.1, 0.15) is 5.75 Å². The molecule has 2 amide bonds. The van der Waals surface area contributed by atoms with Gasteiger partial charge in [0.05, 0.1) is 12.6 Å². The van der Waals surface area contributed by atoms with E-state index in [4.69, 9.17) is 9.47 Å². The standard InChI is InChI=1S/C33H40N2O5/c1-4-5-20-40-33(2,31(36)37)22-25-13-17-30(18-14-25)39-21-19-29-24-35(32(38)34(29)3)23-26-11-15-28(16-12-26)27-9-7-6-8-10-27/h6-18,29H,4-5,19-24H2,1-3H3,(H,36,37). The Bertz CT molecular complexity index is 1250. The molecule has 2 unspecified atom stereocenters. The zero-order chi connectivity index (χ0) is 28.5. The van der Waals surface area contributed by atoms with Gasteiger partial charge in [0.25, 0.3) is 0 Å². The molecule has 0 aliphatic carbocycles. The van der Waals surface area contributed by atoms with Crippen LogP contribution in [-0.4, -0.2) is 65.4 Å². The molecule has 1 saturated heterocycles. The average Bonchev–Trinajstić information content (AvgIpc) is 3.22. The van der Waals surface area contributed by atoms with Crippen LogP contribution in [0.1, 0.15) is 44.2 Å². The summed E-state index contributed by atoms with van der Waals surface area (Å²) in [6.45, 7) is 5.81. The second-order valence-corrected chi connectivity index (χ2v) is 10.7. The van der Waals surface area contributed by atoms with Crippen LogP contribution < -0.4 is 4.74 Å². The number of ether oxygens (including phenoxy) is 2. The number of carboxylic acids is 1. The highest BCUT2D eigenvalue weighted by molar-refractivity contribution is 5.77. The van der Waals surface area contributed by atoms with Crippen LogP contribution in [-0.2, 0) is 22.5 Å². The van der Waals surface area contributed by atoms with Gasteiger partial charge in [-0.3, -0.25) is 0 Å². The van der Waals surface area contributed by atoms with Gasteiger partial charge in [0.2, 0.25) is 0 Å². The number of hydrogen-bond donors (Lipinski definition) is 1. The first-order valence-corrected chi connectivity index (χ1v) is 14.0. The molecule has 1 heterocycles. The first kappa shape index (κ1) is 29.2. The number of likely N-dealkylation sites (N-methyl/N-ethyl adjacent to an activating group) is 1. The fourth-order valence-corrected chi connectivity index (χ4v) is 4.94. The molecule has 0 spiro atoms. The number of rotatable bonds is 14. The van der Waals surface area contributed by atoms with E-state index < -0.39 is 11.6 Å². The van der Waals surface area contributed by atoms with Gasteiger partial charge in [-0.2, -0.15) is 0 Å². The topological polar surface area (TPSA) is 79.3 Å². The molecule has 1 N–H and O–H groups in total. The monoisotopic (exact) mass is 544 g/mol. The van der Waals surface area contributed by atoms with Crippen LogP contribution in [0.25, 0.3) is 11.1 Å². The molecule has 1 aliphatic heterocycles. The number of carbonyl (C=O) groups is 2. The van der Waals surface area contributed by atoms with Crippen molar-refractivity contribution >= 4 is 12.0 Å². The zero-order valence-corrected chi connectivity index (χ0v) is 23.7. The van der Waals surface area contributed by atoms with Crippen LogP contribution in [0, 0.1) is 0 Å². The predicted molar refractivity (Wildman–Crippen MR) is 156 cm³/mol. The van der Waals surface area contributed by atoms with Crippen LogP contribution in [0.3, 0.4) is 0 Å². The number of urea groups is 1. The quantitative estimate of drug-likeness (QED) is 0.242. The summed E-state index contributed by atoms with van der Waals surface area (Å²) >= 11 is 0. The van der Waals surface area contributed by atoms with E-state index in [0.29, 0.717) is 26.3 Å². The SMILES string of the molecule is CCCCOC(C)(Cc1ccc(OCCC2CN(Cc3ccc(-c4ccccc4)cc3)C(=O)N2C)cc1)C(=O)O. The zero-order valence-electron chi connectivity index (χ0n) is 23.7. The highest BCUT2D eigenvalue weighted by Crippen LogP contribution is 2.24. The summed E-state index contributed by atoms with van der Waals surface area (Å²) in [5, 5.41) is 9.68. The molecule has 0 radical (unpaired) electrons. The molecule has 212 valence electrons. The molecule has 3 aromatic carbocycles. The number of carbonyl (C=O) groups excluding carboxylic acids is 1. The van der Waals surface area contributed by atoms with Gasteiger partial charge in [-0.05, 0) is 47.7 Å². The second-order valence-electron chi connectivity index (χ2n) is 10.7. The van der Waals surface area contributed by atoms with Gasteiger partial charge in [-0.15, -0.1) is 0 Å². The Balaban J connectivity index is 1.25. The smallest absolute Gasteiger partial charge is 0.336 e. The van der Waals surface area contributed by atoms with E-state index in [1.54, 1.807) is 11.8 Å². The lowest BCUT2D eigenvalue weighted by molar-refractivity contribution is -0.163. The molecular formula is C33H40N2O5. The minimum Gasteiger partial charge on any atom is -0.494 e. The molecule has 3 aromatic rings. The minimum atomic E-state index is -1.26. The van der Waals surface area contributed by atoms with Crippen LogP contribution >= 0.6 is 0 Å². The number of aliphatic carboxylic acids is 1. The molecule has 40 heavy (non-hydrogen) atoms. The molecule has 0 bridgehead atoms. The molecule has 0 aromatic heterocycles. The van der Waals surface area contributed by atoms with Gasteiger partial charge in [0.15, 0.2) is 5.60 Å². The maximum absolute atomic E-state index is 12.9. The number of amides is 2. The maximum atomic E-state index is 12.9. The summed E-state index contributed by atoms with van der Waals surface area (Å²) < 4.78 is 11.7. The van der Waals surface area contributed by atoms with Crippen molar-refractivity contribution in [1.82, 2.24) is 9.80 Å². The third kappa shape index (κ3) is 7.42. The number of hydrogen-bond acceptors (Lipinski definition) is 4. The number of carboxylic acid groups (broad SMARTS) is 1.